The molecular weight excluding hydrogens is 637 g/mol. The van der Waals surface area contributed by atoms with Gasteiger partial charge in [-0.2, -0.15) is 0 Å². The Bertz CT molecular complexity index is 1970. The van der Waals surface area contributed by atoms with Crippen LogP contribution in [0.15, 0.2) is 109 Å². The van der Waals surface area contributed by atoms with Crippen molar-refractivity contribution < 1.29 is 19.5 Å². The summed E-state index contributed by atoms with van der Waals surface area (Å²) in [5.41, 5.74) is 3.48. The van der Waals surface area contributed by atoms with Gasteiger partial charge < -0.3 is 19.8 Å². The molecule has 4 aliphatic rings. The molecule has 1 aromatic heterocycles. The van der Waals surface area contributed by atoms with E-state index in [0.29, 0.717) is 26.1 Å². The highest BCUT2D eigenvalue weighted by Gasteiger charge is 2.74. The normalized spacial score (nSPS) is 28.4. The fourth-order valence-electron chi connectivity index (χ4n) is 8.34. The number of carbonyl (C=O) groups excluding carboxylic acids is 3. The molecule has 1 spiro atoms. The van der Waals surface area contributed by atoms with E-state index in [-0.39, 0.29) is 31.0 Å². The molecule has 8 rings (SSSR count). The number of fused-ring (bicyclic) bond motifs is 3. The first-order valence-electron chi connectivity index (χ1n) is 16.8. The van der Waals surface area contributed by atoms with Gasteiger partial charge in [0, 0.05) is 24.4 Å². The minimum Gasteiger partial charge on any atom is -0.394 e. The molecule has 0 radical (unpaired) electrons. The van der Waals surface area contributed by atoms with E-state index in [1.165, 1.54) is 0 Å². The molecular formula is C38H38N6O4S. The molecule has 0 saturated carbocycles. The molecule has 3 aromatic carbocycles. The van der Waals surface area contributed by atoms with Crippen molar-refractivity contribution in [2.24, 2.45) is 11.8 Å². The van der Waals surface area contributed by atoms with Crippen molar-refractivity contribution in [3.63, 3.8) is 0 Å². The molecule has 11 heteroatoms. The van der Waals surface area contributed by atoms with E-state index in [2.05, 4.69) is 16.4 Å². The highest BCUT2D eigenvalue weighted by Crippen LogP contribution is 2.66. The van der Waals surface area contributed by atoms with Gasteiger partial charge in [-0.1, -0.05) is 102 Å². The summed E-state index contributed by atoms with van der Waals surface area (Å²) in [6.07, 6.45) is 8.45. The molecule has 4 aromatic rings. The van der Waals surface area contributed by atoms with Gasteiger partial charge in [-0.15, -0.1) is 16.9 Å². The Kier molecular flexibility index (Phi) is 7.91. The standard InChI is InChI=1S/C38H38N6O4S/c1-37-18-10-20-41(23-27-14-6-3-7-15-27)34(46)31(37)32-35(47)44(28(24-45)22-26-12-4-2-5-13-26)33-36(48)42(21-11-19-38(32,33)49-37)25-43-30-17-9-8-16-29(30)39-40-43/h2-19,28,31-33,45H,20-25H2,1H3/t28-,31+,32+,33?,37-,38+/m1/s1. The van der Waals surface area contributed by atoms with Gasteiger partial charge >= 0.3 is 0 Å². The van der Waals surface area contributed by atoms with E-state index in [1.807, 2.05) is 115 Å². The Morgan fingerprint density at radius 3 is 2.24 bits per heavy atom. The Morgan fingerprint density at radius 2 is 1.49 bits per heavy atom. The number of amides is 3. The van der Waals surface area contributed by atoms with Crippen LogP contribution in [-0.2, 0) is 34.0 Å². The van der Waals surface area contributed by atoms with Gasteiger partial charge in [-0.25, -0.2) is 4.68 Å². The Morgan fingerprint density at radius 1 is 0.816 bits per heavy atom. The van der Waals surface area contributed by atoms with Crippen LogP contribution in [0.3, 0.4) is 0 Å². The lowest BCUT2D eigenvalue weighted by molar-refractivity contribution is -0.148. The molecule has 6 atom stereocenters. The summed E-state index contributed by atoms with van der Waals surface area (Å²) >= 11 is 1.55. The third-order valence-corrected chi connectivity index (χ3v) is 12.3. The van der Waals surface area contributed by atoms with Crippen molar-refractivity contribution in [2.75, 3.05) is 19.7 Å². The third-order valence-electron chi connectivity index (χ3n) is 10.5. The maximum atomic E-state index is 15.1. The lowest BCUT2D eigenvalue weighted by atomic mass is 9.74. The van der Waals surface area contributed by atoms with Gasteiger partial charge in [-0.05, 0) is 36.6 Å². The molecule has 250 valence electrons. The van der Waals surface area contributed by atoms with Crippen LogP contribution in [0.4, 0.5) is 0 Å². The predicted molar refractivity (Wildman–Crippen MR) is 187 cm³/mol. The lowest BCUT2D eigenvalue weighted by Gasteiger charge is -2.39. The van der Waals surface area contributed by atoms with Crippen LogP contribution in [0.2, 0.25) is 0 Å². The Balaban J connectivity index is 1.21. The highest BCUT2D eigenvalue weighted by molar-refractivity contribution is 8.02. The topological polar surface area (TPSA) is 112 Å². The third kappa shape index (κ3) is 5.18. The first kappa shape index (κ1) is 31.5. The second-order valence-corrected chi connectivity index (χ2v) is 15.3. The quantitative estimate of drug-likeness (QED) is 0.284. The smallest absolute Gasteiger partial charge is 0.248 e. The second kappa shape index (κ2) is 12.3. The van der Waals surface area contributed by atoms with Crippen LogP contribution in [0.1, 0.15) is 18.1 Å². The zero-order valence-corrected chi connectivity index (χ0v) is 28.0. The predicted octanol–water partition coefficient (Wildman–Crippen LogP) is 3.68. The maximum absolute atomic E-state index is 15.1. The number of thioether (sulfide) groups is 1. The van der Waals surface area contributed by atoms with Gasteiger partial charge in [0.05, 0.1) is 34.7 Å². The number of hydrogen-bond donors (Lipinski definition) is 1. The van der Waals surface area contributed by atoms with E-state index < -0.39 is 33.4 Å². The molecule has 0 aliphatic carbocycles. The summed E-state index contributed by atoms with van der Waals surface area (Å²) in [5, 5.41) is 19.5. The summed E-state index contributed by atoms with van der Waals surface area (Å²) in [5.74, 6) is -2.12. The van der Waals surface area contributed by atoms with Gasteiger partial charge in [0.15, 0.2) is 0 Å². The van der Waals surface area contributed by atoms with Crippen molar-refractivity contribution in [3.8, 4) is 0 Å². The van der Waals surface area contributed by atoms with E-state index in [0.717, 1.165) is 22.2 Å². The number of aromatic nitrogens is 3. The number of hydrogen-bond acceptors (Lipinski definition) is 7. The fourth-order valence-corrected chi connectivity index (χ4v) is 10.5. The second-order valence-electron chi connectivity index (χ2n) is 13.6. The van der Waals surface area contributed by atoms with Crippen molar-refractivity contribution >= 4 is 40.5 Å². The molecule has 1 N–H and O–H groups in total. The first-order chi connectivity index (χ1) is 23.8. The van der Waals surface area contributed by atoms with Crippen LogP contribution in [0, 0.1) is 11.8 Å². The minimum absolute atomic E-state index is 0.0978. The van der Waals surface area contributed by atoms with E-state index >= 15 is 9.59 Å². The fraction of sp³-hybridized carbons (Fsp3) is 0.342. The number of carbonyl (C=O) groups is 3. The number of benzene rings is 3. The molecule has 10 nitrogen and oxygen atoms in total. The molecule has 1 unspecified atom stereocenters. The Labute approximate surface area is 289 Å². The van der Waals surface area contributed by atoms with Crippen LogP contribution in [0.25, 0.3) is 11.0 Å². The molecule has 2 fully saturated rings. The van der Waals surface area contributed by atoms with E-state index in [1.54, 1.807) is 26.2 Å². The Hall–Kier alpha value is -4.74. The number of rotatable bonds is 8. The largest absolute Gasteiger partial charge is 0.394 e. The van der Waals surface area contributed by atoms with Gasteiger partial charge in [0.25, 0.3) is 0 Å². The highest BCUT2D eigenvalue weighted by atomic mass is 32.2. The summed E-state index contributed by atoms with van der Waals surface area (Å²) in [4.78, 5) is 50.0. The summed E-state index contributed by atoms with van der Waals surface area (Å²) in [6, 6.07) is 25.5. The summed E-state index contributed by atoms with van der Waals surface area (Å²) in [6.45, 7) is 2.99. The molecule has 2 saturated heterocycles. The summed E-state index contributed by atoms with van der Waals surface area (Å²) in [7, 11) is 0. The zero-order chi connectivity index (χ0) is 33.8. The molecule has 0 bridgehead atoms. The van der Waals surface area contributed by atoms with Crippen molar-refractivity contribution in [3.05, 3.63) is 120 Å². The van der Waals surface area contributed by atoms with Crippen molar-refractivity contribution in [2.45, 2.75) is 48.1 Å². The molecule has 3 amide bonds. The summed E-state index contributed by atoms with van der Waals surface area (Å²) < 4.78 is -0.0677. The molecule has 4 aliphatic heterocycles. The monoisotopic (exact) mass is 674 g/mol. The maximum Gasteiger partial charge on any atom is 0.248 e. The average molecular weight is 675 g/mol. The minimum atomic E-state index is -1.04. The number of aliphatic hydroxyl groups excluding tert-OH is 1. The number of para-hydroxylation sites is 1. The van der Waals surface area contributed by atoms with Crippen LogP contribution >= 0.6 is 11.8 Å². The van der Waals surface area contributed by atoms with Gasteiger partial charge in [0.2, 0.25) is 17.7 Å². The number of nitrogens with zero attached hydrogens (tertiary/aromatic N) is 6. The van der Waals surface area contributed by atoms with Gasteiger partial charge in [0.1, 0.15) is 18.2 Å². The van der Waals surface area contributed by atoms with Crippen LogP contribution < -0.4 is 0 Å². The van der Waals surface area contributed by atoms with E-state index in [9.17, 15) is 9.90 Å². The van der Waals surface area contributed by atoms with E-state index in [4.69, 9.17) is 0 Å². The lowest BCUT2D eigenvalue weighted by Crippen LogP contribution is -2.57. The SMILES string of the molecule is C[C@@]12C=CCN(Cc3ccccc3)C(=O)[C@@H]1[C@H]1C(=O)N([C@@H](CO)Cc3ccccc3)C3C(=O)N(Cn4nnc5ccccc54)CC=C[C@@]31S2. The van der Waals surface area contributed by atoms with Crippen LogP contribution in [-0.4, -0.2) is 93.8 Å². The average Bonchev–Trinajstić information content (AvgIpc) is 3.65. The van der Waals surface area contributed by atoms with Gasteiger partial charge in [-0.3, -0.25) is 14.4 Å². The zero-order valence-electron chi connectivity index (χ0n) is 27.2. The van der Waals surface area contributed by atoms with Crippen molar-refractivity contribution in [1.82, 2.24) is 29.7 Å². The van der Waals surface area contributed by atoms with Crippen LogP contribution in [0.5, 0.6) is 0 Å². The molecule has 5 heterocycles. The number of likely N-dealkylation sites (tertiary alicyclic amines) is 1. The van der Waals surface area contributed by atoms with Crippen molar-refractivity contribution in [1.29, 1.82) is 0 Å². The first-order valence-corrected chi connectivity index (χ1v) is 17.6. The number of aliphatic hydroxyl groups is 1. The molecule has 49 heavy (non-hydrogen) atoms.